The van der Waals surface area contributed by atoms with Gasteiger partial charge in [-0.25, -0.2) is 0 Å². The van der Waals surface area contributed by atoms with Gasteiger partial charge in [0.05, 0.1) is 6.10 Å². The van der Waals surface area contributed by atoms with E-state index in [2.05, 4.69) is 55.7 Å². The Hall–Kier alpha value is -1.54. The molecule has 1 aromatic carbocycles. The van der Waals surface area contributed by atoms with Crippen molar-refractivity contribution in [2.75, 3.05) is 0 Å². The predicted octanol–water partition coefficient (Wildman–Crippen LogP) is 4.34. The molecule has 0 saturated heterocycles. The van der Waals surface area contributed by atoms with Crippen LogP contribution < -0.4 is 0 Å². The Labute approximate surface area is 127 Å². The Morgan fingerprint density at radius 1 is 1.24 bits per heavy atom. The van der Waals surface area contributed by atoms with E-state index in [1.54, 1.807) is 0 Å². The van der Waals surface area contributed by atoms with Crippen LogP contribution in [0.5, 0.6) is 0 Å². The van der Waals surface area contributed by atoms with Gasteiger partial charge >= 0.3 is 0 Å². The van der Waals surface area contributed by atoms with Crippen LogP contribution in [0.4, 0.5) is 0 Å². The average molecular weight is 283 g/mol. The zero-order valence-electron chi connectivity index (χ0n) is 13.3. The molecule has 0 saturated carbocycles. The first-order valence-electron chi connectivity index (χ1n) is 8.02. The number of rotatable bonds is 3. The summed E-state index contributed by atoms with van der Waals surface area (Å²) in [6.45, 7) is 7.51. The third kappa shape index (κ3) is 2.77. The van der Waals surface area contributed by atoms with Gasteiger partial charge in [0.1, 0.15) is 0 Å². The molecule has 1 heterocycles. The fraction of sp³-hybridized carbons (Fsp3) is 0.474. The Kier molecular flexibility index (Phi) is 3.90. The van der Waals surface area contributed by atoms with Crippen LogP contribution in [0.15, 0.2) is 30.3 Å². The summed E-state index contributed by atoms with van der Waals surface area (Å²) in [7, 11) is 0. The van der Waals surface area contributed by atoms with E-state index in [0.717, 1.165) is 31.4 Å². The average Bonchev–Trinajstić information content (AvgIpc) is 2.78. The van der Waals surface area contributed by atoms with Crippen molar-refractivity contribution in [1.82, 2.24) is 4.57 Å². The van der Waals surface area contributed by atoms with Crippen molar-refractivity contribution in [1.29, 1.82) is 0 Å². The summed E-state index contributed by atoms with van der Waals surface area (Å²) in [5, 5.41) is 10.1. The van der Waals surface area contributed by atoms with Crippen LogP contribution in [0.2, 0.25) is 0 Å². The maximum atomic E-state index is 10.1. The third-order valence-electron chi connectivity index (χ3n) is 4.69. The minimum absolute atomic E-state index is 0.267. The largest absolute Gasteiger partial charge is 0.388 e. The second-order valence-corrected chi connectivity index (χ2v) is 6.58. The van der Waals surface area contributed by atoms with E-state index in [0.29, 0.717) is 5.92 Å². The van der Waals surface area contributed by atoms with Gasteiger partial charge in [-0.2, -0.15) is 0 Å². The lowest BCUT2D eigenvalue weighted by molar-refractivity contribution is 0.156. The van der Waals surface area contributed by atoms with Gasteiger partial charge in [0, 0.05) is 23.5 Å². The standard InChI is InChI=1S/C19H25NO/c1-13(2)16-9-7-15(8-10-16)12-20-14(3)11-17-18(20)5-4-6-19(17)21/h7-11,13,19,21H,4-6,12H2,1-3H3. The van der Waals surface area contributed by atoms with Gasteiger partial charge in [-0.1, -0.05) is 38.1 Å². The van der Waals surface area contributed by atoms with E-state index >= 15 is 0 Å². The molecule has 2 nitrogen and oxygen atoms in total. The van der Waals surface area contributed by atoms with E-state index in [-0.39, 0.29) is 6.10 Å². The van der Waals surface area contributed by atoms with Crippen molar-refractivity contribution < 1.29 is 5.11 Å². The highest BCUT2D eigenvalue weighted by atomic mass is 16.3. The fourth-order valence-electron chi connectivity index (χ4n) is 3.35. The Morgan fingerprint density at radius 2 is 1.95 bits per heavy atom. The van der Waals surface area contributed by atoms with Gasteiger partial charge in [-0.3, -0.25) is 0 Å². The zero-order valence-corrected chi connectivity index (χ0v) is 13.3. The number of hydrogen-bond acceptors (Lipinski definition) is 1. The number of fused-ring (bicyclic) bond motifs is 1. The normalized spacial score (nSPS) is 18.0. The number of hydrogen-bond donors (Lipinski definition) is 1. The van der Waals surface area contributed by atoms with Gasteiger partial charge in [-0.15, -0.1) is 0 Å². The van der Waals surface area contributed by atoms with Crippen LogP contribution in [0.25, 0.3) is 0 Å². The highest BCUT2D eigenvalue weighted by molar-refractivity contribution is 5.33. The van der Waals surface area contributed by atoms with Crippen molar-refractivity contribution in [3.63, 3.8) is 0 Å². The first-order chi connectivity index (χ1) is 10.1. The Bertz CT molecular complexity index is 622. The molecule has 1 unspecified atom stereocenters. The van der Waals surface area contributed by atoms with Gasteiger partial charge in [0.25, 0.3) is 0 Å². The van der Waals surface area contributed by atoms with Crippen molar-refractivity contribution in [3.8, 4) is 0 Å². The molecule has 2 aromatic rings. The molecule has 21 heavy (non-hydrogen) atoms. The highest BCUT2D eigenvalue weighted by Crippen LogP contribution is 2.32. The first-order valence-corrected chi connectivity index (χ1v) is 8.02. The van der Waals surface area contributed by atoms with Crippen molar-refractivity contribution in [2.45, 2.75) is 58.6 Å². The number of aromatic nitrogens is 1. The van der Waals surface area contributed by atoms with Gasteiger partial charge in [0.2, 0.25) is 0 Å². The van der Waals surface area contributed by atoms with E-state index < -0.39 is 0 Å². The number of nitrogens with zero attached hydrogens (tertiary/aromatic N) is 1. The molecular weight excluding hydrogens is 258 g/mol. The lowest BCUT2D eigenvalue weighted by Gasteiger charge is -2.20. The molecule has 1 aromatic heterocycles. The molecule has 112 valence electrons. The monoisotopic (exact) mass is 283 g/mol. The van der Waals surface area contributed by atoms with Crippen LogP contribution >= 0.6 is 0 Å². The van der Waals surface area contributed by atoms with Crippen molar-refractivity contribution in [3.05, 3.63) is 58.4 Å². The molecule has 0 radical (unpaired) electrons. The number of aryl methyl sites for hydroxylation is 1. The summed E-state index contributed by atoms with van der Waals surface area (Å²) < 4.78 is 2.38. The van der Waals surface area contributed by atoms with E-state index in [9.17, 15) is 5.11 Å². The van der Waals surface area contributed by atoms with Crippen LogP contribution in [0, 0.1) is 6.92 Å². The third-order valence-corrected chi connectivity index (χ3v) is 4.69. The number of benzene rings is 1. The van der Waals surface area contributed by atoms with Crippen LogP contribution in [-0.2, 0) is 13.0 Å². The maximum Gasteiger partial charge on any atom is 0.0807 e. The summed E-state index contributed by atoms with van der Waals surface area (Å²) in [4.78, 5) is 0. The molecule has 0 amide bonds. The number of aliphatic hydroxyl groups excluding tert-OH is 1. The zero-order chi connectivity index (χ0) is 15.0. The molecule has 1 atom stereocenters. The molecule has 2 heteroatoms. The molecule has 0 aliphatic heterocycles. The van der Waals surface area contributed by atoms with Crippen molar-refractivity contribution in [2.24, 2.45) is 0 Å². The summed E-state index contributed by atoms with van der Waals surface area (Å²) >= 11 is 0. The Balaban J connectivity index is 1.88. The van der Waals surface area contributed by atoms with Gasteiger partial charge in [-0.05, 0) is 49.3 Å². The maximum absolute atomic E-state index is 10.1. The van der Waals surface area contributed by atoms with Gasteiger partial charge < -0.3 is 9.67 Å². The molecule has 1 aliphatic rings. The molecule has 0 spiro atoms. The summed E-state index contributed by atoms with van der Waals surface area (Å²) in [6.07, 6.45) is 2.81. The molecule has 0 bridgehead atoms. The number of aliphatic hydroxyl groups is 1. The summed E-state index contributed by atoms with van der Waals surface area (Å²) in [5.74, 6) is 0.579. The van der Waals surface area contributed by atoms with Crippen LogP contribution in [-0.4, -0.2) is 9.67 Å². The lowest BCUT2D eigenvalue weighted by Crippen LogP contribution is -2.13. The lowest BCUT2D eigenvalue weighted by atomic mass is 9.95. The van der Waals surface area contributed by atoms with Crippen LogP contribution in [0.3, 0.4) is 0 Å². The molecule has 1 aliphatic carbocycles. The second kappa shape index (κ2) is 5.69. The smallest absolute Gasteiger partial charge is 0.0807 e. The van der Waals surface area contributed by atoms with E-state index in [1.165, 1.54) is 22.5 Å². The molecule has 3 rings (SSSR count). The SMILES string of the molecule is Cc1cc2c(n1Cc1ccc(C(C)C)cc1)CCCC2O. The minimum atomic E-state index is -0.267. The topological polar surface area (TPSA) is 25.2 Å². The fourth-order valence-corrected chi connectivity index (χ4v) is 3.35. The summed E-state index contributed by atoms with van der Waals surface area (Å²) in [5.41, 5.74) is 6.46. The molecular formula is C19H25NO. The Morgan fingerprint density at radius 3 is 2.62 bits per heavy atom. The molecule has 0 fully saturated rings. The van der Waals surface area contributed by atoms with Gasteiger partial charge in [0.15, 0.2) is 0 Å². The highest BCUT2D eigenvalue weighted by Gasteiger charge is 2.22. The van der Waals surface area contributed by atoms with E-state index in [1.807, 2.05) is 0 Å². The quantitative estimate of drug-likeness (QED) is 0.890. The van der Waals surface area contributed by atoms with E-state index in [4.69, 9.17) is 0 Å². The summed E-state index contributed by atoms with van der Waals surface area (Å²) in [6, 6.07) is 11.1. The second-order valence-electron chi connectivity index (χ2n) is 6.58. The minimum Gasteiger partial charge on any atom is -0.388 e. The molecule has 1 N–H and O–H groups in total. The van der Waals surface area contributed by atoms with Crippen molar-refractivity contribution >= 4 is 0 Å². The first kappa shape index (κ1) is 14.4. The predicted molar refractivity (Wildman–Crippen MR) is 86.7 cm³/mol. The van der Waals surface area contributed by atoms with Crippen LogP contribution in [0.1, 0.15) is 66.8 Å².